The maximum atomic E-state index is 5.51. The Bertz CT molecular complexity index is 487. The van der Waals surface area contributed by atoms with E-state index < -0.39 is 0 Å². The minimum atomic E-state index is 0. The lowest BCUT2D eigenvalue weighted by Crippen LogP contribution is -2.50. The maximum Gasteiger partial charge on any atom is 0.127 e. The molecule has 2 aliphatic rings. The van der Waals surface area contributed by atoms with Gasteiger partial charge in [-0.1, -0.05) is 6.07 Å². The Balaban J connectivity index is 0.00000192. The molecule has 0 radical (unpaired) electrons. The number of nitrogens with one attached hydrogen (secondary N) is 1. The standard InChI is InChI=1S/C17H27N3O2.ClH/c1-21-16-4-3-14(17(11-16)22-2)13-19-7-9-20(10-8-19)15-5-6-18-12-15;/h3-4,11,15,18H,5-10,12-13H2,1-2H3;1H. The fourth-order valence-corrected chi connectivity index (χ4v) is 3.46. The molecule has 5 nitrogen and oxygen atoms in total. The Labute approximate surface area is 145 Å². The predicted molar refractivity (Wildman–Crippen MR) is 94.9 cm³/mol. The Morgan fingerprint density at radius 2 is 1.91 bits per heavy atom. The molecule has 1 aromatic carbocycles. The number of nitrogens with zero attached hydrogens (tertiary/aromatic N) is 2. The number of piperazine rings is 1. The van der Waals surface area contributed by atoms with Crippen LogP contribution in [-0.2, 0) is 6.54 Å². The first-order valence-electron chi connectivity index (χ1n) is 8.18. The lowest BCUT2D eigenvalue weighted by molar-refractivity contribution is 0.0976. The normalized spacial score (nSPS) is 22.6. The van der Waals surface area contributed by atoms with E-state index in [1.165, 1.54) is 31.6 Å². The van der Waals surface area contributed by atoms with Crippen LogP contribution in [0.5, 0.6) is 11.5 Å². The lowest BCUT2D eigenvalue weighted by Gasteiger charge is -2.38. The molecule has 3 rings (SSSR count). The van der Waals surface area contributed by atoms with E-state index in [0.717, 1.165) is 43.7 Å². The van der Waals surface area contributed by atoms with Crippen molar-refractivity contribution >= 4 is 12.4 Å². The smallest absolute Gasteiger partial charge is 0.127 e. The summed E-state index contributed by atoms with van der Waals surface area (Å²) in [7, 11) is 3.41. The largest absolute Gasteiger partial charge is 0.497 e. The van der Waals surface area contributed by atoms with Gasteiger partial charge >= 0.3 is 0 Å². The third kappa shape index (κ3) is 4.51. The van der Waals surface area contributed by atoms with Gasteiger partial charge < -0.3 is 14.8 Å². The van der Waals surface area contributed by atoms with Gasteiger partial charge in [-0.3, -0.25) is 9.80 Å². The Morgan fingerprint density at radius 3 is 2.52 bits per heavy atom. The SMILES string of the molecule is COc1ccc(CN2CCN(C3CCNC3)CC2)c(OC)c1.Cl. The number of halogens is 1. The first-order valence-corrected chi connectivity index (χ1v) is 8.18. The van der Waals surface area contributed by atoms with Crippen LogP contribution in [-0.4, -0.2) is 69.3 Å². The highest BCUT2D eigenvalue weighted by atomic mass is 35.5. The summed E-state index contributed by atoms with van der Waals surface area (Å²) in [6.45, 7) is 7.89. The zero-order valence-electron chi connectivity index (χ0n) is 14.1. The molecule has 1 unspecified atom stereocenters. The summed E-state index contributed by atoms with van der Waals surface area (Å²) in [6, 6.07) is 6.84. The van der Waals surface area contributed by atoms with Crippen LogP contribution in [0.2, 0.25) is 0 Å². The second-order valence-corrected chi connectivity index (χ2v) is 6.14. The zero-order chi connectivity index (χ0) is 15.4. The fraction of sp³-hybridized carbons (Fsp3) is 0.647. The van der Waals surface area contributed by atoms with E-state index in [9.17, 15) is 0 Å². The van der Waals surface area contributed by atoms with E-state index in [4.69, 9.17) is 9.47 Å². The van der Waals surface area contributed by atoms with Crippen molar-refractivity contribution in [3.8, 4) is 11.5 Å². The highest BCUT2D eigenvalue weighted by molar-refractivity contribution is 5.85. The summed E-state index contributed by atoms with van der Waals surface area (Å²) < 4.78 is 10.8. The van der Waals surface area contributed by atoms with Crippen LogP contribution in [0.3, 0.4) is 0 Å². The molecule has 2 aliphatic heterocycles. The molecule has 2 fully saturated rings. The minimum absolute atomic E-state index is 0. The lowest BCUT2D eigenvalue weighted by atomic mass is 10.1. The summed E-state index contributed by atoms with van der Waals surface area (Å²) in [6.07, 6.45) is 1.30. The number of methoxy groups -OCH3 is 2. The molecule has 2 saturated heterocycles. The van der Waals surface area contributed by atoms with E-state index in [2.05, 4.69) is 21.2 Å². The van der Waals surface area contributed by atoms with Crippen molar-refractivity contribution in [2.24, 2.45) is 0 Å². The molecule has 1 atom stereocenters. The predicted octanol–water partition coefficient (Wildman–Crippen LogP) is 1.61. The topological polar surface area (TPSA) is 37.0 Å². The number of hydrogen-bond acceptors (Lipinski definition) is 5. The molecule has 6 heteroatoms. The highest BCUT2D eigenvalue weighted by Gasteiger charge is 2.26. The van der Waals surface area contributed by atoms with Crippen molar-refractivity contribution in [1.82, 2.24) is 15.1 Å². The molecular formula is C17H28ClN3O2. The van der Waals surface area contributed by atoms with Gasteiger partial charge in [0, 0.05) is 56.9 Å². The Morgan fingerprint density at radius 1 is 1.13 bits per heavy atom. The fourth-order valence-electron chi connectivity index (χ4n) is 3.46. The minimum Gasteiger partial charge on any atom is -0.497 e. The number of ether oxygens (including phenoxy) is 2. The Hall–Kier alpha value is -1.01. The van der Waals surface area contributed by atoms with Crippen LogP contribution >= 0.6 is 12.4 Å². The van der Waals surface area contributed by atoms with E-state index in [-0.39, 0.29) is 12.4 Å². The number of hydrogen-bond donors (Lipinski definition) is 1. The summed E-state index contributed by atoms with van der Waals surface area (Å²) in [5.41, 5.74) is 1.24. The van der Waals surface area contributed by atoms with Crippen LogP contribution in [0, 0.1) is 0 Å². The van der Waals surface area contributed by atoms with Gasteiger partial charge in [0.25, 0.3) is 0 Å². The van der Waals surface area contributed by atoms with Crippen LogP contribution in [0.15, 0.2) is 18.2 Å². The van der Waals surface area contributed by atoms with Gasteiger partial charge in [-0.05, 0) is 19.0 Å². The maximum absolute atomic E-state index is 5.51. The second-order valence-electron chi connectivity index (χ2n) is 6.14. The second kappa shape index (κ2) is 8.73. The molecule has 0 aliphatic carbocycles. The van der Waals surface area contributed by atoms with Crippen molar-refractivity contribution in [1.29, 1.82) is 0 Å². The van der Waals surface area contributed by atoms with E-state index in [1.807, 2.05) is 12.1 Å². The molecule has 0 aromatic heterocycles. The van der Waals surface area contributed by atoms with Crippen molar-refractivity contribution in [3.05, 3.63) is 23.8 Å². The van der Waals surface area contributed by atoms with Gasteiger partial charge in [-0.2, -0.15) is 0 Å². The average Bonchev–Trinajstić information content (AvgIpc) is 3.10. The van der Waals surface area contributed by atoms with E-state index >= 15 is 0 Å². The van der Waals surface area contributed by atoms with Crippen LogP contribution < -0.4 is 14.8 Å². The number of rotatable bonds is 5. The molecule has 23 heavy (non-hydrogen) atoms. The number of benzene rings is 1. The third-order valence-electron chi connectivity index (χ3n) is 4.85. The van der Waals surface area contributed by atoms with Crippen LogP contribution in [0.1, 0.15) is 12.0 Å². The molecule has 0 saturated carbocycles. The van der Waals surface area contributed by atoms with E-state index in [1.54, 1.807) is 14.2 Å². The quantitative estimate of drug-likeness (QED) is 0.880. The van der Waals surface area contributed by atoms with Gasteiger partial charge in [0.2, 0.25) is 0 Å². The third-order valence-corrected chi connectivity index (χ3v) is 4.85. The molecule has 2 heterocycles. The first-order chi connectivity index (χ1) is 10.8. The van der Waals surface area contributed by atoms with Gasteiger partial charge in [0.15, 0.2) is 0 Å². The van der Waals surface area contributed by atoms with Crippen LogP contribution in [0.25, 0.3) is 0 Å². The van der Waals surface area contributed by atoms with Crippen molar-refractivity contribution in [2.75, 3.05) is 53.5 Å². The summed E-state index contributed by atoms with van der Waals surface area (Å²) >= 11 is 0. The molecule has 0 spiro atoms. The summed E-state index contributed by atoms with van der Waals surface area (Å²) in [5.74, 6) is 1.76. The zero-order valence-corrected chi connectivity index (χ0v) is 14.9. The van der Waals surface area contributed by atoms with Gasteiger partial charge in [0.1, 0.15) is 11.5 Å². The van der Waals surface area contributed by atoms with Crippen molar-refractivity contribution < 1.29 is 9.47 Å². The van der Waals surface area contributed by atoms with Gasteiger partial charge in [0.05, 0.1) is 14.2 Å². The monoisotopic (exact) mass is 341 g/mol. The van der Waals surface area contributed by atoms with Crippen molar-refractivity contribution in [3.63, 3.8) is 0 Å². The molecule has 130 valence electrons. The van der Waals surface area contributed by atoms with E-state index in [0.29, 0.717) is 0 Å². The Kier molecular flexibility index (Phi) is 6.96. The van der Waals surface area contributed by atoms with Crippen LogP contribution in [0.4, 0.5) is 0 Å². The molecule has 1 N–H and O–H groups in total. The first kappa shape index (κ1) is 18.3. The van der Waals surface area contributed by atoms with Gasteiger partial charge in [-0.15, -0.1) is 12.4 Å². The van der Waals surface area contributed by atoms with Crippen molar-refractivity contribution in [2.45, 2.75) is 19.0 Å². The molecule has 0 bridgehead atoms. The molecular weight excluding hydrogens is 314 g/mol. The summed E-state index contributed by atoms with van der Waals surface area (Å²) in [5, 5.41) is 3.46. The summed E-state index contributed by atoms with van der Waals surface area (Å²) in [4.78, 5) is 5.16. The van der Waals surface area contributed by atoms with Gasteiger partial charge in [-0.25, -0.2) is 0 Å². The highest BCUT2D eigenvalue weighted by Crippen LogP contribution is 2.26. The molecule has 0 amide bonds. The average molecular weight is 342 g/mol. The molecule has 1 aromatic rings.